The van der Waals surface area contributed by atoms with E-state index in [0.29, 0.717) is 10.2 Å². The second-order valence-electron chi connectivity index (χ2n) is 4.08. The standard InChI is InChI=1S/C14H8BrF3N2O/c15-11-2-1-3-12(20)13(11)21-9-4-5-10(14(16,17)18)8(6-9)7-19/h1-6H,20H2. The molecule has 108 valence electrons. The lowest BCUT2D eigenvalue weighted by molar-refractivity contribution is -0.137. The Labute approximate surface area is 126 Å². The second-order valence-corrected chi connectivity index (χ2v) is 4.93. The Morgan fingerprint density at radius 2 is 1.90 bits per heavy atom. The van der Waals surface area contributed by atoms with Crippen LogP contribution in [0.25, 0.3) is 0 Å². The SMILES string of the molecule is N#Cc1cc(Oc2c(N)cccc2Br)ccc1C(F)(F)F. The van der Waals surface area contributed by atoms with Gasteiger partial charge in [0.2, 0.25) is 0 Å². The summed E-state index contributed by atoms with van der Waals surface area (Å²) in [6, 6.07) is 9.46. The van der Waals surface area contributed by atoms with Crippen molar-refractivity contribution in [2.24, 2.45) is 0 Å². The summed E-state index contributed by atoms with van der Waals surface area (Å²) in [7, 11) is 0. The smallest absolute Gasteiger partial charge is 0.417 e. The molecule has 0 saturated carbocycles. The molecule has 0 aliphatic rings. The van der Waals surface area contributed by atoms with Gasteiger partial charge in [-0.1, -0.05) is 6.07 Å². The Morgan fingerprint density at radius 3 is 2.48 bits per heavy atom. The highest BCUT2D eigenvalue weighted by atomic mass is 79.9. The summed E-state index contributed by atoms with van der Waals surface area (Å²) in [6.45, 7) is 0. The topological polar surface area (TPSA) is 59.0 Å². The zero-order valence-corrected chi connectivity index (χ0v) is 12.0. The van der Waals surface area contributed by atoms with E-state index in [4.69, 9.17) is 15.7 Å². The molecule has 0 spiro atoms. The van der Waals surface area contributed by atoms with E-state index in [-0.39, 0.29) is 11.5 Å². The number of alkyl halides is 3. The third-order valence-electron chi connectivity index (χ3n) is 2.63. The molecule has 0 atom stereocenters. The lowest BCUT2D eigenvalue weighted by Crippen LogP contribution is -2.07. The van der Waals surface area contributed by atoms with Crippen molar-refractivity contribution in [1.29, 1.82) is 5.26 Å². The van der Waals surface area contributed by atoms with Gasteiger partial charge >= 0.3 is 6.18 Å². The minimum Gasteiger partial charge on any atom is -0.454 e. The van der Waals surface area contributed by atoms with Crippen LogP contribution in [0.5, 0.6) is 11.5 Å². The molecule has 0 fully saturated rings. The van der Waals surface area contributed by atoms with Gasteiger partial charge < -0.3 is 10.5 Å². The van der Waals surface area contributed by atoms with E-state index >= 15 is 0 Å². The lowest BCUT2D eigenvalue weighted by atomic mass is 10.1. The van der Waals surface area contributed by atoms with Crippen LogP contribution in [0.15, 0.2) is 40.9 Å². The molecule has 0 saturated heterocycles. The molecule has 0 unspecified atom stereocenters. The number of nitriles is 1. The molecule has 3 nitrogen and oxygen atoms in total. The van der Waals surface area contributed by atoms with Crippen LogP contribution < -0.4 is 10.5 Å². The van der Waals surface area contributed by atoms with Crippen molar-refractivity contribution in [1.82, 2.24) is 0 Å². The molecular weight excluding hydrogens is 349 g/mol. The van der Waals surface area contributed by atoms with Crippen molar-refractivity contribution < 1.29 is 17.9 Å². The van der Waals surface area contributed by atoms with E-state index in [0.717, 1.165) is 18.2 Å². The number of rotatable bonds is 2. The Hall–Kier alpha value is -2.20. The van der Waals surface area contributed by atoms with Gasteiger partial charge in [-0.05, 0) is 46.3 Å². The first kappa shape index (κ1) is 15.2. The van der Waals surface area contributed by atoms with Gasteiger partial charge in [-0.15, -0.1) is 0 Å². The highest BCUT2D eigenvalue weighted by molar-refractivity contribution is 9.10. The number of ether oxygens (including phenoxy) is 1. The predicted octanol–water partition coefficient (Wildman–Crippen LogP) is 4.71. The van der Waals surface area contributed by atoms with Crippen molar-refractivity contribution >= 4 is 21.6 Å². The van der Waals surface area contributed by atoms with Crippen molar-refractivity contribution in [3.05, 3.63) is 52.0 Å². The zero-order valence-electron chi connectivity index (χ0n) is 10.4. The van der Waals surface area contributed by atoms with Crippen LogP contribution in [0, 0.1) is 11.3 Å². The van der Waals surface area contributed by atoms with E-state index in [9.17, 15) is 13.2 Å². The van der Waals surface area contributed by atoms with Gasteiger partial charge in [0.25, 0.3) is 0 Å². The molecule has 2 rings (SSSR count). The van der Waals surface area contributed by atoms with Crippen LogP contribution in [-0.2, 0) is 6.18 Å². The van der Waals surface area contributed by atoms with E-state index in [2.05, 4.69) is 15.9 Å². The van der Waals surface area contributed by atoms with Gasteiger partial charge in [0.05, 0.1) is 27.4 Å². The third-order valence-corrected chi connectivity index (χ3v) is 3.26. The predicted molar refractivity (Wildman–Crippen MR) is 74.8 cm³/mol. The van der Waals surface area contributed by atoms with Crippen LogP contribution >= 0.6 is 15.9 Å². The quantitative estimate of drug-likeness (QED) is 0.792. The molecule has 0 aromatic heterocycles. The number of hydrogen-bond acceptors (Lipinski definition) is 3. The number of benzene rings is 2. The van der Waals surface area contributed by atoms with Crippen LogP contribution in [0.4, 0.5) is 18.9 Å². The molecule has 2 aromatic carbocycles. The average Bonchev–Trinajstić information content (AvgIpc) is 2.41. The fourth-order valence-electron chi connectivity index (χ4n) is 1.68. The van der Waals surface area contributed by atoms with E-state index in [1.165, 1.54) is 6.07 Å². The fourth-order valence-corrected chi connectivity index (χ4v) is 2.14. The van der Waals surface area contributed by atoms with Crippen molar-refractivity contribution in [3.8, 4) is 17.6 Å². The highest BCUT2D eigenvalue weighted by Crippen LogP contribution is 2.37. The van der Waals surface area contributed by atoms with Gasteiger partial charge in [-0.25, -0.2) is 0 Å². The largest absolute Gasteiger partial charge is 0.454 e. The third kappa shape index (κ3) is 3.28. The molecule has 0 radical (unpaired) electrons. The van der Waals surface area contributed by atoms with Gasteiger partial charge in [0.1, 0.15) is 5.75 Å². The number of nitrogens with two attached hydrogens (primary N) is 1. The normalized spacial score (nSPS) is 11.0. The van der Waals surface area contributed by atoms with Crippen molar-refractivity contribution in [2.75, 3.05) is 5.73 Å². The zero-order chi connectivity index (χ0) is 15.6. The summed E-state index contributed by atoms with van der Waals surface area (Å²) >= 11 is 3.24. The molecular formula is C14H8BrF3N2O. The monoisotopic (exact) mass is 356 g/mol. The summed E-state index contributed by atoms with van der Waals surface area (Å²) in [5.41, 5.74) is 4.55. The summed E-state index contributed by atoms with van der Waals surface area (Å²) in [4.78, 5) is 0. The van der Waals surface area contributed by atoms with E-state index in [1.54, 1.807) is 18.2 Å². The van der Waals surface area contributed by atoms with Gasteiger partial charge in [-0.3, -0.25) is 0 Å². The number of para-hydroxylation sites is 1. The Balaban J connectivity index is 2.42. The van der Waals surface area contributed by atoms with Crippen LogP contribution in [0.2, 0.25) is 0 Å². The molecule has 2 N–H and O–H groups in total. The molecule has 0 bridgehead atoms. The summed E-state index contributed by atoms with van der Waals surface area (Å²) < 4.78 is 44.1. The van der Waals surface area contributed by atoms with Gasteiger partial charge in [0, 0.05) is 0 Å². The van der Waals surface area contributed by atoms with Crippen molar-refractivity contribution in [3.63, 3.8) is 0 Å². The number of nitrogen functional groups attached to an aromatic ring is 1. The molecule has 0 aliphatic carbocycles. The summed E-state index contributed by atoms with van der Waals surface area (Å²) in [5, 5.41) is 8.84. The van der Waals surface area contributed by atoms with Crippen LogP contribution in [0.3, 0.4) is 0 Å². The summed E-state index contributed by atoms with van der Waals surface area (Å²) in [6.07, 6.45) is -4.59. The first-order valence-electron chi connectivity index (χ1n) is 5.66. The first-order valence-corrected chi connectivity index (χ1v) is 6.45. The minimum absolute atomic E-state index is 0.0955. The maximum Gasteiger partial charge on any atom is 0.417 e. The highest BCUT2D eigenvalue weighted by Gasteiger charge is 2.33. The average molecular weight is 357 g/mol. The first-order chi connectivity index (χ1) is 9.82. The number of halogens is 4. The molecule has 0 heterocycles. The Kier molecular flexibility index (Phi) is 4.09. The lowest BCUT2D eigenvalue weighted by Gasteiger charge is -2.13. The molecule has 21 heavy (non-hydrogen) atoms. The Morgan fingerprint density at radius 1 is 1.19 bits per heavy atom. The van der Waals surface area contributed by atoms with Crippen LogP contribution in [-0.4, -0.2) is 0 Å². The number of hydrogen-bond donors (Lipinski definition) is 1. The summed E-state index contributed by atoms with van der Waals surface area (Å²) in [5.74, 6) is 0.374. The minimum atomic E-state index is -4.59. The molecule has 7 heteroatoms. The molecule has 0 aliphatic heterocycles. The van der Waals surface area contributed by atoms with Crippen LogP contribution in [0.1, 0.15) is 11.1 Å². The van der Waals surface area contributed by atoms with Crippen molar-refractivity contribution in [2.45, 2.75) is 6.18 Å². The van der Waals surface area contributed by atoms with E-state index < -0.39 is 17.3 Å². The maximum atomic E-state index is 12.7. The Bertz CT molecular complexity index is 703. The van der Waals surface area contributed by atoms with Gasteiger partial charge in [-0.2, -0.15) is 18.4 Å². The molecule has 2 aromatic rings. The molecule has 0 amide bonds. The van der Waals surface area contributed by atoms with E-state index in [1.807, 2.05) is 0 Å². The second kappa shape index (κ2) is 5.66. The number of nitrogens with zero attached hydrogens (tertiary/aromatic N) is 1. The maximum absolute atomic E-state index is 12.7. The fraction of sp³-hybridized carbons (Fsp3) is 0.0714. The van der Waals surface area contributed by atoms with Gasteiger partial charge in [0.15, 0.2) is 5.75 Å². The number of anilines is 1.